The van der Waals surface area contributed by atoms with Crippen LogP contribution in [0.25, 0.3) is 0 Å². The van der Waals surface area contributed by atoms with Crippen molar-refractivity contribution < 1.29 is 19.4 Å². The van der Waals surface area contributed by atoms with E-state index < -0.39 is 5.97 Å². The largest absolute Gasteiger partial charge is 0.504 e. The molecule has 1 heterocycles. The molecule has 0 fully saturated rings. The van der Waals surface area contributed by atoms with Crippen LogP contribution < -0.4 is 10.1 Å². The molecular weight excluding hydrogens is 284 g/mol. The molecule has 2 N–H and O–H groups in total. The van der Waals surface area contributed by atoms with Gasteiger partial charge in [-0.25, -0.2) is 9.78 Å². The van der Waals surface area contributed by atoms with E-state index in [4.69, 9.17) is 9.47 Å². The number of hydrogen-bond donors (Lipinski definition) is 2. The summed E-state index contributed by atoms with van der Waals surface area (Å²) in [6.45, 7) is 2.34. The van der Waals surface area contributed by atoms with E-state index in [1.165, 1.54) is 7.11 Å². The van der Waals surface area contributed by atoms with Gasteiger partial charge in [0, 0.05) is 18.3 Å². The summed E-state index contributed by atoms with van der Waals surface area (Å²) >= 11 is 0. The predicted molar refractivity (Wildman–Crippen MR) is 82.2 cm³/mol. The second kappa shape index (κ2) is 7.31. The summed E-state index contributed by atoms with van der Waals surface area (Å²) in [6.07, 6.45) is 1.58. The molecule has 0 spiro atoms. The maximum atomic E-state index is 11.9. The highest BCUT2D eigenvalue weighted by Gasteiger charge is 2.14. The van der Waals surface area contributed by atoms with E-state index >= 15 is 0 Å². The quantitative estimate of drug-likeness (QED) is 0.798. The summed E-state index contributed by atoms with van der Waals surface area (Å²) in [6, 6.07) is 8.51. The van der Waals surface area contributed by atoms with Crippen molar-refractivity contribution in [2.75, 3.05) is 19.0 Å². The summed E-state index contributed by atoms with van der Waals surface area (Å²) in [5.41, 5.74) is 0.992. The van der Waals surface area contributed by atoms with Gasteiger partial charge in [-0.05, 0) is 25.1 Å². The number of ether oxygens (including phenoxy) is 2. The lowest BCUT2D eigenvalue weighted by Gasteiger charge is -2.12. The van der Waals surface area contributed by atoms with Gasteiger partial charge in [-0.1, -0.05) is 12.1 Å². The molecule has 6 nitrogen and oxygen atoms in total. The number of carbonyl (C=O) groups excluding carboxylic acids is 1. The number of benzene rings is 1. The number of para-hydroxylation sites is 1. The zero-order valence-electron chi connectivity index (χ0n) is 12.5. The van der Waals surface area contributed by atoms with Crippen LogP contribution in [0.3, 0.4) is 0 Å². The van der Waals surface area contributed by atoms with Gasteiger partial charge in [-0.2, -0.15) is 0 Å². The van der Waals surface area contributed by atoms with Crippen molar-refractivity contribution in [2.45, 2.75) is 13.5 Å². The minimum absolute atomic E-state index is 0.0612. The van der Waals surface area contributed by atoms with Gasteiger partial charge in [0.15, 0.2) is 11.5 Å². The van der Waals surface area contributed by atoms with Crippen molar-refractivity contribution in [3.8, 4) is 11.5 Å². The molecular formula is C16H18N2O4. The van der Waals surface area contributed by atoms with Gasteiger partial charge in [0.25, 0.3) is 0 Å². The van der Waals surface area contributed by atoms with Gasteiger partial charge in [0.2, 0.25) is 0 Å². The molecule has 0 bridgehead atoms. The number of rotatable bonds is 6. The highest BCUT2D eigenvalue weighted by molar-refractivity contribution is 5.94. The summed E-state index contributed by atoms with van der Waals surface area (Å²) in [7, 11) is 1.49. The highest BCUT2D eigenvalue weighted by Crippen LogP contribution is 2.29. The van der Waals surface area contributed by atoms with Crippen LogP contribution in [0.4, 0.5) is 5.82 Å². The van der Waals surface area contributed by atoms with Crippen molar-refractivity contribution in [3.05, 3.63) is 47.7 Å². The van der Waals surface area contributed by atoms with Crippen LogP contribution in [-0.4, -0.2) is 29.8 Å². The average molecular weight is 302 g/mol. The third-order valence-corrected chi connectivity index (χ3v) is 3.05. The van der Waals surface area contributed by atoms with E-state index in [0.717, 1.165) is 0 Å². The Morgan fingerprint density at radius 1 is 1.32 bits per heavy atom. The molecule has 22 heavy (non-hydrogen) atoms. The van der Waals surface area contributed by atoms with Gasteiger partial charge in [-0.3, -0.25) is 0 Å². The monoisotopic (exact) mass is 302 g/mol. The maximum absolute atomic E-state index is 11.9. The standard InChI is InChI=1S/C16H18N2O4/c1-3-22-16(20)12-7-5-9-17-15(12)18-10-11-6-4-8-13(21-2)14(11)19/h4-9,19H,3,10H2,1-2H3,(H,17,18). The van der Waals surface area contributed by atoms with E-state index in [0.29, 0.717) is 35.8 Å². The molecule has 116 valence electrons. The van der Waals surface area contributed by atoms with Gasteiger partial charge in [-0.15, -0.1) is 0 Å². The number of esters is 1. The van der Waals surface area contributed by atoms with Crippen LogP contribution in [0.1, 0.15) is 22.8 Å². The Morgan fingerprint density at radius 3 is 2.86 bits per heavy atom. The van der Waals surface area contributed by atoms with Crippen molar-refractivity contribution in [1.82, 2.24) is 4.98 Å². The Balaban J connectivity index is 2.17. The van der Waals surface area contributed by atoms with E-state index in [2.05, 4.69) is 10.3 Å². The predicted octanol–water partition coefficient (Wildman–Crippen LogP) is 2.58. The van der Waals surface area contributed by atoms with Crippen molar-refractivity contribution >= 4 is 11.8 Å². The second-order valence-corrected chi connectivity index (χ2v) is 4.44. The molecule has 0 saturated heterocycles. The van der Waals surface area contributed by atoms with Crippen LogP contribution in [0.5, 0.6) is 11.5 Å². The van der Waals surface area contributed by atoms with Crippen LogP contribution >= 0.6 is 0 Å². The number of aromatic nitrogens is 1. The molecule has 2 aromatic rings. The number of nitrogens with one attached hydrogen (secondary N) is 1. The molecule has 0 radical (unpaired) electrons. The molecule has 0 amide bonds. The van der Waals surface area contributed by atoms with E-state index in [9.17, 15) is 9.90 Å². The summed E-state index contributed by atoms with van der Waals surface area (Å²) in [5, 5.41) is 13.1. The third-order valence-electron chi connectivity index (χ3n) is 3.05. The van der Waals surface area contributed by atoms with Crippen LogP contribution in [0.15, 0.2) is 36.5 Å². The normalized spacial score (nSPS) is 10.1. The fraction of sp³-hybridized carbons (Fsp3) is 0.250. The van der Waals surface area contributed by atoms with Crippen LogP contribution in [0.2, 0.25) is 0 Å². The molecule has 1 aromatic carbocycles. The first-order valence-electron chi connectivity index (χ1n) is 6.88. The molecule has 0 aliphatic rings. The lowest BCUT2D eigenvalue weighted by molar-refractivity contribution is 0.0527. The molecule has 2 rings (SSSR count). The van der Waals surface area contributed by atoms with Gasteiger partial charge in [0.05, 0.1) is 13.7 Å². The summed E-state index contributed by atoms with van der Waals surface area (Å²) in [4.78, 5) is 16.0. The van der Waals surface area contributed by atoms with Crippen LogP contribution in [-0.2, 0) is 11.3 Å². The Bertz CT molecular complexity index is 658. The topological polar surface area (TPSA) is 80.7 Å². The number of pyridine rings is 1. The Morgan fingerprint density at radius 2 is 2.14 bits per heavy atom. The molecule has 1 aromatic heterocycles. The lowest BCUT2D eigenvalue weighted by atomic mass is 10.1. The maximum Gasteiger partial charge on any atom is 0.341 e. The minimum Gasteiger partial charge on any atom is -0.504 e. The Labute approximate surface area is 128 Å². The first-order chi connectivity index (χ1) is 10.7. The third kappa shape index (κ3) is 3.46. The number of hydrogen-bond acceptors (Lipinski definition) is 6. The van der Waals surface area contributed by atoms with E-state index in [1.54, 1.807) is 43.5 Å². The van der Waals surface area contributed by atoms with Gasteiger partial charge >= 0.3 is 5.97 Å². The zero-order valence-corrected chi connectivity index (χ0v) is 12.5. The Kier molecular flexibility index (Phi) is 5.19. The number of phenols is 1. The molecule has 0 aliphatic heterocycles. The lowest BCUT2D eigenvalue weighted by Crippen LogP contribution is -2.11. The zero-order chi connectivity index (χ0) is 15.9. The number of aromatic hydroxyl groups is 1. The number of anilines is 1. The smallest absolute Gasteiger partial charge is 0.341 e. The first kappa shape index (κ1) is 15.6. The number of carbonyl (C=O) groups is 1. The van der Waals surface area contributed by atoms with E-state index in [1.807, 2.05) is 0 Å². The van der Waals surface area contributed by atoms with Crippen molar-refractivity contribution in [1.29, 1.82) is 0 Å². The SMILES string of the molecule is CCOC(=O)c1cccnc1NCc1cccc(OC)c1O. The molecule has 0 unspecified atom stereocenters. The first-order valence-corrected chi connectivity index (χ1v) is 6.88. The van der Waals surface area contributed by atoms with E-state index in [-0.39, 0.29) is 5.75 Å². The summed E-state index contributed by atoms with van der Waals surface area (Å²) in [5.74, 6) is 0.424. The van der Waals surface area contributed by atoms with Crippen molar-refractivity contribution in [3.63, 3.8) is 0 Å². The van der Waals surface area contributed by atoms with Gasteiger partial charge < -0.3 is 19.9 Å². The number of methoxy groups -OCH3 is 1. The fourth-order valence-corrected chi connectivity index (χ4v) is 1.97. The Hall–Kier alpha value is -2.76. The second-order valence-electron chi connectivity index (χ2n) is 4.44. The highest BCUT2D eigenvalue weighted by atomic mass is 16.5. The molecule has 0 aliphatic carbocycles. The minimum atomic E-state index is -0.437. The van der Waals surface area contributed by atoms with Crippen molar-refractivity contribution in [2.24, 2.45) is 0 Å². The summed E-state index contributed by atoms with van der Waals surface area (Å²) < 4.78 is 10.1. The number of nitrogens with zero attached hydrogens (tertiary/aromatic N) is 1. The molecule has 0 saturated carbocycles. The van der Waals surface area contributed by atoms with Crippen LogP contribution in [0, 0.1) is 0 Å². The molecule has 6 heteroatoms. The number of phenolic OH excluding ortho intramolecular Hbond substituents is 1. The van der Waals surface area contributed by atoms with Gasteiger partial charge in [0.1, 0.15) is 11.4 Å². The fourth-order valence-electron chi connectivity index (χ4n) is 1.97. The average Bonchev–Trinajstić information content (AvgIpc) is 2.54. The molecule has 0 atom stereocenters.